The third-order valence-electron chi connectivity index (χ3n) is 4.50. The Labute approximate surface area is 116 Å². The van der Waals surface area contributed by atoms with Gasteiger partial charge in [-0.05, 0) is 43.1 Å². The predicted molar refractivity (Wildman–Crippen MR) is 83.9 cm³/mol. The summed E-state index contributed by atoms with van der Waals surface area (Å²) in [6.45, 7) is 9.34. The minimum atomic E-state index is 0.159. The van der Waals surface area contributed by atoms with E-state index in [4.69, 9.17) is 0 Å². The van der Waals surface area contributed by atoms with Crippen LogP contribution in [-0.4, -0.2) is 5.54 Å². The first-order chi connectivity index (χ1) is 8.89. The van der Waals surface area contributed by atoms with Gasteiger partial charge in [-0.2, -0.15) is 0 Å². The highest BCUT2D eigenvalue weighted by atomic mass is 15.0. The first-order valence-corrected chi connectivity index (χ1v) is 7.20. The maximum atomic E-state index is 3.80. The monoisotopic (exact) mass is 253 g/mol. The van der Waals surface area contributed by atoms with Crippen LogP contribution in [0.5, 0.6) is 0 Å². The van der Waals surface area contributed by atoms with Crippen LogP contribution in [0.4, 0.5) is 5.69 Å². The van der Waals surface area contributed by atoms with Crippen LogP contribution in [0.1, 0.15) is 46.1 Å². The van der Waals surface area contributed by atoms with Crippen molar-refractivity contribution in [2.45, 2.75) is 51.5 Å². The molecule has 0 spiro atoms. The fourth-order valence-corrected chi connectivity index (χ4v) is 3.13. The summed E-state index contributed by atoms with van der Waals surface area (Å²) < 4.78 is 0. The topological polar surface area (TPSA) is 12.0 Å². The van der Waals surface area contributed by atoms with Crippen molar-refractivity contribution in [1.29, 1.82) is 0 Å². The Kier molecular flexibility index (Phi) is 2.63. The number of fused-ring (bicyclic) bond motifs is 3. The van der Waals surface area contributed by atoms with Crippen molar-refractivity contribution in [3.05, 3.63) is 42.0 Å². The van der Waals surface area contributed by atoms with Crippen LogP contribution in [0.15, 0.2) is 36.4 Å². The molecule has 2 aromatic carbocycles. The molecule has 0 aliphatic carbocycles. The average Bonchev–Trinajstić information content (AvgIpc) is 2.45. The zero-order valence-corrected chi connectivity index (χ0v) is 12.4. The molecule has 2 aromatic rings. The van der Waals surface area contributed by atoms with Gasteiger partial charge in [0, 0.05) is 16.6 Å². The summed E-state index contributed by atoms with van der Waals surface area (Å²) in [5.41, 5.74) is 3.19. The maximum Gasteiger partial charge on any atom is 0.0462 e. The van der Waals surface area contributed by atoms with Gasteiger partial charge in [0.2, 0.25) is 0 Å². The first-order valence-electron chi connectivity index (χ1n) is 7.20. The smallest absolute Gasteiger partial charge is 0.0462 e. The molecule has 0 atom stereocenters. The van der Waals surface area contributed by atoms with Crippen LogP contribution in [0.3, 0.4) is 0 Å². The Bertz CT molecular complexity index is 623. The molecule has 3 rings (SSSR count). The molecule has 0 aromatic heterocycles. The van der Waals surface area contributed by atoms with Crippen LogP contribution >= 0.6 is 0 Å². The summed E-state index contributed by atoms with van der Waals surface area (Å²) in [4.78, 5) is 0. The van der Waals surface area contributed by atoms with Crippen molar-refractivity contribution in [3.8, 4) is 0 Å². The van der Waals surface area contributed by atoms with Crippen LogP contribution in [0.25, 0.3) is 10.8 Å². The molecule has 0 saturated carbocycles. The Morgan fingerprint density at radius 1 is 0.895 bits per heavy atom. The van der Waals surface area contributed by atoms with Gasteiger partial charge in [-0.15, -0.1) is 0 Å². The van der Waals surface area contributed by atoms with Gasteiger partial charge in [-0.1, -0.05) is 50.2 Å². The molecular formula is C18H23N. The first kappa shape index (κ1) is 12.5. The third kappa shape index (κ3) is 2.11. The van der Waals surface area contributed by atoms with Crippen LogP contribution < -0.4 is 5.32 Å². The lowest BCUT2D eigenvalue weighted by Crippen LogP contribution is -2.30. The summed E-state index contributed by atoms with van der Waals surface area (Å²) in [6, 6.07) is 13.2. The highest BCUT2D eigenvalue weighted by Crippen LogP contribution is 2.43. The zero-order valence-electron chi connectivity index (χ0n) is 12.4. The molecule has 1 aliphatic heterocycles. The van der Waals surface area contributed by atoms with Crippen molar-refractivity contribution in [3.63, 3.8) is 0 Å². The predicted octanol–water partition coefficient (Wildman–Crippen LogP) is 5.10. The van der Waals surface area contributed by atoms with E-state index in [0.29, 0.717) is 0 Å². The largest absolute Gasteiger partial charge is 0.379 e. The highest BCUT2D eigenvalue weighted by Gasteiger charge is 2.33. The lowest BCUT2D eigenvalue weighted by molar-refractivity contribution is 0.411. The molecule has 0 unspecified atom stereocenters. The normalized spacial score (nSPS) is 20.4. The molecule has 1 N–H and O–H groups in total. The zero-order chi connectivity index (χ0) is 13.7. The Balaban J connectivity index is 2.31. The minimum Gasteiger partial charge on any atom is -0.379 e. The SMILES string of the molecule is CC1(C)CCC(C)(C)c2ccc3ccccc3c2N1. The summed E-state index contributed by atoms with van der Waals surface area (Å²) >= 11 is 0. The summed E-state index contributed by atoms with van der Waals surface area (Å²) in [6.07, 6.45) is 2.42. The lowest BCUT2D eigenvalue weighted by Gasteiger charge is -2.26. The maximum absolute atomic E-state index is 3.80. The second-order valence-corrected chi connectivity index (χ2v) is 7.10. The molecule has 1 nitrogen and oxygen atoms in total. The fraction of sp³-hybridized carbons (Fsp3) is 0.444. The Morgan fingerprint density at radius 2 is 1.63 bits per heavy atom. The summed E-state index contributed by atoms with van der Waals surface area (Å²) in [5, 5.41) is 6.47. The van der Waals surface area contributed by atoms with E-state index in [2.05, 4.69) is 69.4 Å². The summed E-state index contributed by atoms with van der Waals surface area (Å²) in [7, 11) is 0. The van der Waals surface area contributed by atoms with Gasteiger partial charge in [0.25, 0.3) is 0 Å². The second kappa shape index (κ2) is 4.00. The molecule has 1 heteroatoms. The molecule has 0 amide bonds. The number of hydrogen-bond acceptors (Lipinski definition) is 1. The van der Waals surface area contributed by atoms with E-state index >= 15 is 0 Å². The van der Waals surface area contributed by atoms with Crippen molar-refractivity contribution < 1.29 is 0 Å². The Morgan fingerprint density at radius 3 is 2.42 bits per heavy atom. The van der Waals surface area contributed by atoms with Gasteiger partial charge >= 0.3 is 0 Å². The van der Waals surface area contributed by atoms with E-state index in [0.717, 1.165) is 0 Å². The second-order valence-electron chi connectivity index (χ2n) is 7.10. The molecule has 1 heterocycles. The molecule has 0 saturated heterocycles. The van der Waals surface area contributed by atoms with Gasteiger partial charge in [-0.25, -0.2) is 0 Å². The van der Waals surface area contributed by atoms with Crippen LogP contribution in [0, 0.1) is 0 Å². The van der Waals surface area contributed by atoms with Gasteiger partial charge in [0.15, 0.2) is 0 Å². The van der Waals surface area contributed by atoms with Gasteiger partial charge in [0.1, 0.15) is 0 Å². The van der Waals surface area contributed by atoms with E-state index in [-0.39, 0.29) is 11.0 Å². The van der Waals surface area contributed by atoms with Crippen molar-refractivity contribution >= 4 is 16.5 Å². The van der Waals surface area contributed by atoms with Crippen LogP contribution in [0.2, 0.25) is 0 Å². The quantitative estimate of drug-likeness (QED) is 0.688. The standard InChI is InChI=1S/C18H23N/c1-17(2)11-12-18(3,4)19-16-14-8-6-5-7-13(14)9-10-15(16)17/h5-10,19H,11-12H2,1-4H3. The Hall–Kier alpha value is -1.50. The van der Waals surface area contributed by atoms with E-state index in [1.165, 1.54) is 34.9 Å². The third-order valence-corrected chi connectivity index (χ3v) is 4.50. The molecule has 0 bridgehead atoms. The van der Waals surface area contributed by atoms with Gasteiger partial charge in [-0.3, -0.25) is 0 Å². The average molecular weight is 253 g/mol. The van der Waals surface area contributed by atoms with Gasteiger partial charge < -0.3 is 5.32 Å². The molecule has 19 heavy (non-hydrogen) atoms. The molecule has 0 fully saturated rings. The van der Waals surface area contributed by atoms with Crippen LogP contribution in [-0.2, 0) is 5.41 Å². The number of hydrogen-bond donors (Lipinski definition) is 1. The fourth-order valence-electron chi connectivity index (χ4n) is 3.13. The van der Waals surface area contributed by atoms with Crippen molar-refractivity contribution in [2.24, 2.45) is 0 Å². The van der Waals surface area contributed by atoms with Crippen molar-refractivity contribution in [2.75, 3.05) is 5.32 Å². The van der Waals surface area contributed by atoms with E-state index < -0.39 is 0 Å². The number of anilines is 1. The van der Waals surface area contributed by atoms with Gasteiger partial charge in [0.05, 0.1) is 0 Å². The number of benzene rings is 2. The molecule has 100 valence electrons. The number of rotatable bonds is 0. The van der Waals surface area contributed by atoms with E-state index in [1.807, 2.05) is 0 Å². The van der Waals surface area contributed by atoms with Crippen molar-refractivity contribution in [1.82, 2.24) is 0 Å². The van der Waals surface area contributed by atoms with E-state index in [9.17, 15) is 0 Å². The van der Waals surface area contributed by atoms with E-state index in [1.54, 1.807) is 0 Å². The number of nitrogens with one attached hydrogen (secondary N) is 1. The summed E-state index contributed by atoms with van der Waals surface area (Å²) in [5.74, 6) is 0. The minimum absolute atomic E-state index is 0.159. The lowest BCUT2D eigenvalue weighted by atomic mass is 9.78. The molecule has 1 aliphatic rings. The molecular weight excluding hydrogens is 230 g/mol. The molecule has 0 radical (unpaired) electrons. The highest BCUT2D eigenvalue weighted by molar-refractivity contribution is 5.96.